The Morgan fingerprint density at radius 1 is 1.33 bits per heavy atom. The summed E-state index contributed by atoms with van der Waals surface area (Å²) in [7, 11) is 0. The molecule has 3 heteroatoms. The van der Waals surface area contributed by atoms with Crippen LogP contribution in [0.15, 0.2) is 30.6 Å². The van der Waals surface area contributed by atoms with Crippen molar-refractivity contribution in [3.63, 3.8) is 0 Å². The molecule has 0 saturated heterocycles. The summed E-state index contributed by atoms with van der Waals surface area (Å²) in [6.45, 7) is 6.40. The van der Waals surface area contributed by atoms with E-state index in [1.807, 2.05) is 6.33 Å². The molecule has 0 fully saturated rings. The Kier molecular flexibility index (Phi) is 2.92. The second kappa shape index (κ2) is 4.58. The van der Waals surface area contributed by atoms with Crippen molar-refractivity contribution in [2.45, 2.75) is 32.7 Å². The van der Waals surface area contributed by atoms with E-state index in [0.717, 1.165) is 19.5 Å². The SMILES string of the molecule is CC(C)c1cccc(-n2cnc3c2CCNC3)c1. The van der Waals surface area contributed by atoms with Gasteiger partial charge in [0.15, 0.2) is 0 Å². The predicted octanol–water partition coefficient (Wildman–Crippen LogP) is 2.64. The number of imidazole rings is 1. The number of hydrogen-bond acceptors (Lipinski definition) is 2. The standard InChI is InChI=1S/C15H19N3/c1-11(2)12-4-3-5-13(8-12)18-10-17-14-9-16-7-6-15(14)18/h3-5,8,10-11,16H,6-7,9H2,1-2H3. The number of nitrogens with one attached hydrogen (secondary N) is 1. The van der Waals surface area contributed by atoms with Gasteiger partial charge in [-0.2, -0.15) is 0 Å². The van der Waals surface area contributed by atoms with Crippen molar-refractivity contribution in [1.82, 2.24) is 14.9 Å². The first-order chi connectivity index (χ1) is 8.75. The fourth-order valence-corrected chi connectivity index (χ4v) is 2.49. The van der Waals surface area contributed by atoms with Gasteiger partial charge < -0.3 is 9.88 Å². The first-order valence-electron chi connectivity index (χ1n) is 6.62. The molecular formula is C15H19N3. The molecule has 3 nitrogen and oxygen atoms in total. The molecular weight excluding hydrogens is 222 g/mol. The molecule has 0 saturated carbocycles. The van der Waals surface area contributed by atoms with Crippen molar-refractivity contribution in [3.8, 4) is 5.69 Å². The van der Waals surface area contributed by atoms with Crippen LogP contribution in [0.25, 0.3) is 5.69 Å². The molecule has 0 amide bonds. The normalized spacial score (nSPS) is 14.8. The van der Waals surface area contributed by atoms with E-state index in [0.29, 0.717) is 5.92 Å². The van der Waals surface area contributed by atoms with Gasteiger partial charge in [0, 0.05) is 30.9 Å². The number of aromatic nitrogens is 2. The monoisotopic (exact) mass is 241 g/mol. The molecule has 18 heavy (non-hydrogen) atoms. The van der Waals surface area contributed by atoms with Gasteiger partial charge in [0.25, 0.3) is 0 Å². The quantitative estimate of drug-likeness (QED) is 0.876. The Labute approximate surface area is 108 Å². The number of fused-ring (bicyclic) bond motifs is 1. The summed E-state index contributed by atoms with van der Waals surface area (Å²) in [6, 6.07) is 8.77. The first kappa shape index (κ1) is 11.5. The average Bonchev–Trinajstić information content (AvgIpc) is 2.82. The summed E-state index contributed by atoms with van der Waals surface area (Å²) >= 11 is 0. The molecule has 0 bridgehead atoms. The lowest BCUT2D eigenvalue weighted by Gasteiger charge is -2.16. The molecule has 3 rings (SSSR count). The van der Waals surface area contributed by atoms with Crippen molar-refractivity contribution in [1.29, 1.82) is 0 Å². The third-order valence-electron chi connectivity index (χ3n) is 3.60. The third kappa shape index (κ3) is 1.95. The number of rotatable bonds is 2. The van der Waals surface area contributed by atoms with Gasteiger partial charge in [-0.25, -0.2) is 4.98 Å². The molecule has 1 N–H and O–H groups in total. The summed E-state index contributed by atoms with van der Waals surface area (Å²) in [6.07, 6.45) is 3.01. The van der Waals surface area contributed by atoms with Crippen molar-refractivity contribution >= 4 is 0 Å². The molecule has 0 spiro atoms. The second-order valence-electron chi connectivity index (χ2n) is 5.18. The molecule has 0 atom stereocenters. The minimum atomic E-state index is 0.561. The van der Waals surface area contributed by atoms with Crippen LogP contribution in [0.3, 0.4) is 0 Å². The Morgan fingerprint density at radius 3 is 3.06 bits per heavy atom. The number of benzene rings is 1. The highest BCUT2D eigenvalue weighted by Crippen LogP contribution is 2.21. The third-order valence-corrected chi connectivity index (χ3v) is 3.60. The fraction of sp³-hybridized carbons (Fsp3) is 0.400. The van der Waals surface area contributed by atoms with Crippen LogP contribution in [0.4, 0.5) is 0 Å². The molecule has 1 aliphatic heterocycles. The number of nitrogens with zero attached hydrogens (tertiary/aromatic N) is 2. The Morgan fingerprint density at radius 2 is 2.22 bits per heavy atom. The van der Waals surface area contributed by atoms with E-state index < -0.39 is 0 Å². The molecule has 94 valence electrons. The van der Waals surface area contributed by atoms with Gasteiger partial charge in [0.2, 0.25) is 0 Å². The maximum absolute atomic E-state index is 4.51. The van der Waals surface area contributed by atoms with Gasteiger partial charge in [-0.1, -0.05) is 26.0 Å². The zero-order chi connectivity index (χ0) is 12.5. The average molecular weight is 241 g/mol. The Bertz CT molecular complexity index is 555. The van der Waals surface area contributed by atoms with Gasteiger partial charge in [-0.05, 0) is 23.6 Å². The number of hydrogen-bond donors (Lipinski definition) is 1. The van der Waals surface area contributed by atoms with Crippen molar-refractivity contribution in [2.75, 3.05) is 6.54 Å². The molecule has 0 radical (unpaired) electrons. The Hall–Kier alpha value is -1.61. The molecule has 2 heterocycles. The minimum absolute atomic E-state index is 0.561. The van der Waals surface area contributed by atoms with Crippen LogP contribution in [0.5, 0.6) is 0 Å². The summed E-state index contributed by atoms with van der Waals surface area (Å²) < 4.78 is 2.24. The van der Waals surface area contributed by atoms with Crippen molar-refractivity contribution in [2.24, 2.45) is 0 Å². The highest BCUT2D eigenvalue weighted by molar-refractivity contribution is 5.40. The largest absolute Gasteiger partial charge is 0.311 e. The summed E-state index contributed by atoms with van der Waals surface area (Å²) in [5.41, 5.74) is 5.16. The van der Waals surface area contributed by atoms with Crippen LogP contribution in [0.1, 0.15) is 36.7 Å². The van der Waals surface area contributed by atoms with Gasteiger partial charge in [0.05, 0.1) is 12.0 Å². The molecule has 2 aromatic rings. The second-order valence-corrected chi connectivity index (χ2v) is 5.18. The van der Waals surface area contributed by atoms with E-state index in [1.165, 1.54) is 22.6 Å². The van der Waals surface area contributed by atoms with Gasteiger partial charge in [-0.15, -0.1) is 0 Å². The minimum Gasteiger partial charge on any atom is -0.311 e. The van der Waals surface area contributed by atoms with E-state index in [1.54, 1.807) is 0 Å². The molecule has 1 aromatic heterocycles. The van der Waals surface area contributed by atoms with Crippen molar-refractivity contribution in [3.05, 3.63) is 47.5 Å². The van der Waals surface area contributed by atoms with Gasteiger partial charge in [0.1, 0.15) is 0 Å². The highest BCUT2D eigenvalue weighted by Gasteiger charge is 2.15. The summed E-state index contributed by atoms with van der Waals surface area (Å²) in [4.78, 5) is 4.51. The van der Waals surface area contributed by atoms with Crippen LogP contribution in [-0.4, -0.2) is 16.1 Å². The molecule has 1 aliphatic rings. The first-order valence-corrected chi connectivity index (χ1v) is 6.62. The van der Waals surface area contributed by atoms with Crippen LogP contribution in [0, 0.1) is 0 Å². The van der Waals surface area contributed by atoms with Crippen LogP contribution >= 0.6 is 0 Å². The van der Waals surface area contributed by atoms with Crippen LogP contribution < -0.4 is 5.32 Å². The summed E-state index contributed by atoms with van der Waals surface area (Å²) in [5, 5.41) is 3.36. The maximum atomic E-state index is 4.51. The maximum Gasteiger partial charge on any atom is 0.0998 e. The van der Waals surface area contributed by atoms with Gasteiger partial charge in [-0.3, -0.25) is 0 Å². The lowest BCUT2D eigenvalue weighted by Crippen LogP contribution is -2.24. The Balaban J connectivity index is 2.04. The zero-order valence-electron chi connectivity index (χ0n) is 11.0. The smallest absolute Gasteiger partial charge is 0.0998 e. The zero-order valence-corrected chi connectivity index (χ0v) is 11.0. The van der Waals surface area contributed by atoms with E-state index in [-0.39, 0.29) is 0 Å². The summed E-state index contributed by atoms with van der Waals surface area (Å²) in [5.74, 6) is 0.561. The van der Waals surface area contributed by atoms with Gasteiger partial charge >= 0.3 is 0 Å². The van der Waals surface area contributed by atoms with E-state index >= 15 is 0 Å². The van der Waals surface area contributed by atoms with E-state index in [2.05, 4.69) is 53.0 Å². The fourth-order valence-electron chi connectivity index (χ4n) is 2.49. The van der Waals surface area contributed by atoms with Crippen LogP contribution in [0.2, 0.25) is 0 Å². The molecule has 1 aromatic carbocycles. The predicted molar refractivity (Wildman–Crippen MR) is 73.1 cm³/mol. The van der Waals surface area contributed by atoms with E-state index in [9.17, 15) is 0 Å². The lowest BCUT2D eigenvalue weighted by atomic mass is 10.0. The van der Waals surface area contributed by atoms with E-state index in [4.69, 9.17) is 0 Å². The van der Waals surface area contributed by atoms with Crippen LogP contribution in [-0.2, 0) is 13.0 Å². The van der Waals surface area contributed by atoms with Crippen molar-refractivity contribution < 1.29 is 0 Å². The lowest BCUT2D eigenvalue weighted by molar-refractivity contribution is 0.620. The topological polar surface area (TPSA) is 29.9 Å². The molecule has 0 unspecified atom stereocenters. The molecule has 0 aliphatic carbocycles. The highest BCUT2D eigenvalue weighted by atomic mass is 15.1.